The lowest BCUT2D eigenvalue weighted by atomic mass is 10.2. The van der Waals surface area contributed by atoms with Crippen LogP contribution >= 0.6 is 0 Å². The summed E-state index contributed by atoms with van der Waals surface area (Å²) < 4.78 is 5.34. The van der Waals surface area contributed by atoms with E-state index in [2.05, 4.69) is 5.32 Å². The van der Waals surface area contributed by atoms with Crippen LogP contribution in [0.2, 0.25) is 0 Å². The van der Waals surface area contributed by atoms with Crippen LogP contribution in [0.25, 0.3) is 0 Å². The first kappa shape index (κ1) is 14.3. The quantitative estimate of drug-likeness (QED) is 0.568. The highest BCUT2D eigenvalue weighted by molar-refractivity contribution is 5.89. The minimum atomic E-state index is -1.04. The highest BCUT2D eigenvalue weighted by atomic mass is 16.5. The molecule has 1 unspecified atom stereocenters. The monoisotopic (exact) mass is 255 g/mol. The molecule has 1 aromatic carbocycles. The van der Waals surface area contributed by atoms with Crippen molar-refractivity contribution in [2.24, 2.45) is 0 Å². The average Bonchev–Trinajstić information content (AvgIpc) is 2.37. The molecule has 0 aliphatic rings. The molecule has 6 nitrogen and oxygen atoms in total. The molecular formula is C12H17NO5. The van der Waals surface area contributed by atoms with E-state index in [1.807, 2.05) is 6.92 Å². The number of ether oxygens (including phenoxy) is 1. The maximum atomic E-state index is 10.9. The number of nitrogens with one attached hydrogen (secondary N) is 1. The van der Waals surface area contributed by atoms with Crippen molar-refractivity contribution in [3.8, 4) is 5.75 Å². The van der Waals surface area contributed by atoms with Crippen molar-refractivity contribution in [2.75, 3.05) is 25.1 Å². The van der Waals surface area contributed by atoms with Crippen molar-refractivity contribution in [1.82, 2.24) is 0 Å². The van der Waals surface area contributed by atoms with Gasteiger partial charge in [-0.15, -0.1) is 0 Å². The van der Waals surface area contributed by atoms with Gasteiger partial charge < -0.3 is 25.4 Å². The molecule has 1 atom stereocenters. The Morgan fingerprint density at radius 3 is 2.78 bits per heavy atom. The molecule has 0 aromatic heterocycles. The van der Waals surface area contributed by atoms with Gasteiger partial charge in [0.1, 0.15) is 5.75 Å². The van der Waals surface area contributed by atoms with E-state index in [4.69, 9.17) is 14.9 Å². The highest BCUT2D eigenvalue weighted by Crippen LogP contribution is 2.25. The lowest BCUT2D eigenvalue weighted by Crippen LogP contribution is -2.23. The van der Waals surface area contributed by atoms with Gasteiger partial charge in [0.2, 0.25) is 0 Å². The van der Waals surface area contributed by atoms with Crippen LogP contribution in [0.5, 0.6) is 5.75 Å². The number of aliphatic hydroxyl groups is 2. The van der Waals surface area contributed by atoms with Crippen LogP contribution in [-0.4, -0.2) is 47.2 Å². The van der Waals surface area contributed by atoms with E-state index in [9.17, 15) is 9.90 Å². The summed E-state index contributed by atoms with van der Waals surface area (Å²) in [6.07, 6.45) is -0.909. The van der Waals surface area contributed by atoms with Crippen LogP contribution in [0.3, 0.4) is 0 Å². The van der Waals surface area contributed by atoms with Crippen LogP contribution in [0.4, 0.5) is 5.69 Å². The highest BCUT2D eigenvalue weighted by Gasteiger charge is 2.10. The standard InChI is InChI=1S/C12H17NO5/c1-2-18-11-4-3-8(12(16)17)5-10(11)13-6-9(15)7-14/h3-5,9,13-15H,2,6-7H2,1H3,(H,16,17). The Balaban J connectivity index is 2.88. The molecule has 0 spiro atoms. The Hall–Kier alpha value is -1.79. The summed E-state index contributed by atoms with van der Waals surface area (Å²) in [6.45, 7) is 2.01. The lowest BCUT2D eigenvalue weighted by molar-refractivity contribution is 0.0697. The van der Waals surface area contributed by atoms with Crippen molar-refractivity contribution in [1.29, 1.82) is 0 Å². The van der Waals surface area contributed by atoms with Gasteiger partial charge in [0.05, 0.1) is 30.6 Å². The third-order valence-electron chi connectivity index (χ3n) is 2.27. The molecule has 0 fully saturated rings. The molecule has 0 saturated heterocycles. The lowest BCUT2D eigenvalue weighted by Gasteiger charge is -2.15. The van der Waals surface area contributed by atoms with Gasteiger partial charge in [0, 0.05) is 6.54 Å². The summed E-state index contributed by atoms with van der Waals surface area (Å²) in [5.41, 5.74) is 0.601. The second-order valence-electron chi connectivity index (χ2n) is 3.67. The largest absolute Gasteiger partial charge is 0.492 e. The van der Waals surface area contributed by atoms with Crippen LogP contribution in [0.1, 0.15) is 17.3 Å². The minimum Gasteiger partial charge on any atom is -0.492 e. The molecule has 0 bridgehead atoms. The zero-order valence-corrected chi connectivity index (χ0v) is 10.1. The van der Waals surface area contributed by atoms with Gasteiger partial charge in [0.15, 0.2) is 0 Å². The zero-order valence-electron chi connectivity index (χ0n) is 10.1. The average molecular weight is 255 g/mol. The van der Waals surface area contributed by atoms with Gasteiger partial charge in [-0.25, -0.2) is 4.79 Å². The Labute approximate surface area is 105 Å². The number of hydrogen-bond acceptors (Lipinski definition) is 5. The smallest absolute Gasteiger partial charge is 0.335 e. The molecule has 6 heteroatoms. The molecule has 0 heterocycles. The number of aromatic carboxylic acids is 1. The Morgan fingerprint density at radius 2 is 2.22 bits per heavy atom. The number of carboxylic acid groups (broad SMARTS) is 1. The molecule has 4 N–H and O–H groups in total. The third kappa shape index (κ3) is 3.90. The van der Waals surface area contributed by atoms with Gasteiger partial charge in [-0.3, -0.25) is 0 Å². The molecule has 1 rings (SSSR count). The fourth-order valence-electron chi connectivity index (χ4n) is 1.37. The fraction of sp³-hybridized carbons (Fsp3) is 0.417. The van der Waals surface area contributed by atoms with Gasteiger partial charge in [-0.2, -0.15) is 0 Å². The number of benzene rings is 1. The summed E-state index contributed by atoms with van der Waals surface area (Å²) in [4.78, 5) is 10.9. The van der Waals surface area contributed by atoms with E-state index in [1.165, 1.54) is 12.1 Å². The Morgan fingerprint density at radius 1 is 1.50 bits per heavy atom. The van der Waals surface area contributed by atoms with Crippen LogP contribution in [0.15, 0.2) is 18.2 Å². The molecular weight excluding hydrogens is 238 g/mol. The van der Waals surface area contributed by atoms with Gasteiger partial charge >= 0.3 is 5.97 Å². The molecule has 0 saturated carbocycles. The van der Waals surface area contributed by atoms with Crippen molar-refractivity contribution in [3.63, 3.8) is 0 Å². The summed E-state index contributed by atoms with van der Waals surface area (Å²) in [5, 5.41) is 29.7. The van der Waals surface area contributed by atoms with Crippen molar-refractivity contribution in [2.45, 2.75) is 13.0 Å². The first-order valence-corrected chi connectivity index (χ1v) is 5.61. The summed E-state index contributed by atoms with van der Waals surface area (Å²) >= 11 is 0. The minimum absolute atomic E-state index is 0.111. The SMILES string of the molecule is CCOc1ccc(C(=O)O)cc1NCC(O)CO. The first-order valence-electron chi connectivity index (χ1n) is 5.61. The van der Waals surface area contributed by atoms with Crippen LogP contribution in [0, 0.1) is 0 Å². The van der Waals surface area contributed by atoms with E-state index in [0.717, 1.165) is 0 Å². The second kappa shape index (κ2) is 6.83. The number of hydrogen-bond donors (Lipinski definition) is 4. The van der Waals surface area contributed by atoms with Gasteiger partial charge in [0.25, 0.3) is 0 Å². The van der Waals surface area contributed by atoms with E-state index in [-0.39, 0.29) is 18.7 Å². The maximum Gasteiger partial charge on any atom is 0.335 e. The predicted molar refractivity (Wildman–Crippen MR) is 66.2 cm³/mol. The first-order chi connectivity index (χ1) is 8.58. The van der Waals surface area contributed by atoms with Crippen molar-refractivity contribution >= 4 is 11.7 Å². The number of anilines is 1. The summed E-state index contributed by atoms with van der Waals surface area (Å²) in [6, 6.07) is 4.43. The number of carbonyl (C=O) groups is 1. The van der Waals surface area contributed by atoms with Crippen LogP contribution < -0.4 is 10.1 Å². The van der Waals surface area contributed by atoms with Gasteiger partial charge in [-0.1, -0.05) is 0 Å². The van der Waals surface area contributed by atoms with E-state index >= 15 is 0 Å². The topological polar surface area (TPSA) is 99.0 Å². The Bertz CT molecular complexity index is 407. The summed E-state index contributed by atoms with van der Waals surface area (Å²) in [7, 11) is 0. The molecule has 1 aromatic rings. The van der Waals surface area contributed by atoms with Gasteiger partial charge in [-0.05, 0) is 25.1 Å². The van der Waals surface area contributed by atoms with E-state index in [1.54, 1.807) is 6.07 Å². The number of aliphatic hydroxyl groups excluding tert-OH is 2. The zero-order chi connectivity index (χ0) is 13.5. The predicted octanol–water partition coefficient (Wildman–Crippen LogP) is 0.549. The van der Waals surface area contributed by atoms with Crippen molar-refractivity contribution in [3.05, 3.63) is 23.8 Å². The Kier molecular flexibility index (Phi) is 5.41. The molecule has 0 amide bonds. The van der Waals surface area contributed by atoms with E-state index < -0.39 is 12.1 Å². The second-order valence-corrected chi connectivity index (χ2v) is 3.67. The number of rotatable bonds is 7. The van der Waals surface area contributed by atoms with E-state index in [0.29, 0.717) is 18.0 Å². The van der Waals surface area contributed by atoms with Crippen LogP contribution in [-0.2, 0) is 0 Å². The third-order valence-corrected chi connectivity index (χ3v) is 2.27. The normalized spacial score (nSPS) is 11.9. The molecule has 18 heavy (non-hydrogen) atoms. The molecule has 0 aliphatic carbocycles. The van der Waals surface area contributed by atoms with Crippen molar-refractivity contribution < 1.29 is 24.9 Å². The molecule has 0 aliphatic heterocycles. The molecule has 100 valence electrons. The number of carboxylic acids is 1. The maximum absolute atomic E-state index is 10.9. The fourth-order valence-corrected chi connectivity index (χ4v) is 1.37. The molecule has 0 radical (unpaired) electrons. The summed E-state index contributed by atoms with van der Waals surface area (Å²) in [5.74, 6) is -0.531.